The monoisotopic (exact) mass is 510 g/mol. The van der Waals surface area contributed by atoms with Gasteiger partial charge in [0.15, 0.2) is 16.6 Å². The first kappa shape index (κ1) is 28.9. The summed E-state index contributed by atoms with van der Waals surface area (Å²) >= 11 is 0. The van der Waals surface area contributed by atoms with E-state index in [0.717, 1.165) is 13.2 Å². The van der Waals surface area contributed by atoms with Crippen molar-refractivity contribution >= 4 is 23.8 Å². The topological polar surface area (TPSA) is 36.9 Å². The largest absolute Gasteiger partial charge is 0.461 e. The van der Waals surface area contributed by atoms with Crippen molar-refractivity contribution in [1.29, 1.82) is 0 Å². The molecule has 1 saturated heterocycles. The van der Waals surface area contributed by atoms with Crippen LogP contribution in [-0.2, 0) is 18.2 Å². The highest BCUT2D eigenvalue weighted by atomic mass is 28.4. The van der Waals surface area contributed by atoms with Crippen LogP contribution in [-0.4, -0.2) is 48.2 Å². The molecule has 0 N–H and O–H groups in total. The normalized spacial score (nSPS) is 33.7. The van der Waals surface area contributed by atoms with Crippen LogP contribution < -0.4 is 0 Å². The molecule has 7 heteroatoms. The van der Waals surface area contributed by atoms with Crippen molar-refractivity contribution in [2.45, 2.75) is 135 Å². The Morgan fingerprint density at radius 1 is 0.735 bits per heavy atom. The van der Waals surface area contributed by atoms with Crippen molar-refractivity contribution in [3.63, 3.8) is 0 Å². The smallest absolute Gasteiger partial charge is 0.417 e. The molecule has 3 fully saturated rings. The van der Waals surface area contributed by atoms with E-state index in [4.69, 9.17) is 18.2 Å². The minimum Gasteiger partial charge on any atom is -0.417 e. The number of hydrogen-bond acceptors (Lipinski definition) is 4. The molecule has 0 amide bonds. The third kappa shape index (κ3) is 5.31. The summed E-state index contributed by atoms with van der Waals surface area (Å²) in [6, 6.07) is 0. The zero-order chi connectivity index (χ0) is 26.1. The molecule has 3 rings (SSSR count). The van der Waals surface area contributed by atoms with Gasteiger partial charge in [0.1, 0.15) is 0 Å². The SMILES string of the molecule is CC1(C)OB(C2CC3CC2C(CO[Si](C)(C)C(C)(C)C)C3CO[Si](C)(C)C(C)(C)C)OC1(C)C. The Balaban J connectivity index is 1.79. The van der Waals surface area contributed by atoms with E-state index >= 15 is 0 Å². The van der Waals surface area contributed by atoms with Crippen molar-refractivity contribution in [3.8, 4) is 0 Å². The van der Waals surface area contributed by atoms with Gasteiger partial charge in [-0.1, -0.05) is 41.5 Å². The summed E-state index contributed by atoms with van der Waals surface area (Å²) in [6.07, 6.45) is 2.47. The third-order valence-electron chi connectivity index (χ3n) is 10.9. The van der Waals surface area contributed by atoms with E-state index in [2.05, 4.69) is 95.4 Å². The predicted octanol–water partition coefficient (Wildman–Crippen LogP) is 7.76. The summed E-state index contributed by atoms with van der Waals surface area (Å²) in [5.41, 5.74) is -0.533. The van der Waals surface area contributed by atoms with Gasteiger partial charge >= 0.3 is 7.12 Å². The molecule has 1 aliphatic heterocycles. The lowest BCUT2D eigenvalue weighted by atomic mass is 9.59. The fourth-order valence-corrected chi connectivity index (χ4v) is 7.66. The second kappa shape index (κ2) is 8.97. The molecule has 1 heterocycles. The minimum atomic E-state index is -1.81. The molecular weight excluding hydrogens is 455 g/mol. The van der Waals surface area contributed by atoms with Crippen LogP contribution >= 0.6 is 0 Å². The van der Waals surface area contributed by atoms with Gasteiger partial charge in [-0.25, -0.2) is 0 Å². The van der Waals surface area contributed by atoms with Gasteiger partial charge in [-0.05, 0) is 106 Å². The van der Waals surface area contributed by atoms with E-state index < -0.39 is 16.6 Å². The molecule has 3 aliphatic rings. The molecule has 4 nitrogen and oxygen atoms in total. The van der Waals surface area contributed by atoms with E-state index in [1.807, 2.05) is 0 Å². The van der Waals surface area contributed by atoms with Crippen LogP contribution in [0.4, 0.5) is 0 Å². The fourth-order valence-electron chi connectivity index (χ4n) is 5.58. The quantitative estimate of drug-likeness (QED) is 0.328. The molecule has 0 aromatic rings. The van der Waals surface area contributed by atoms with Crippen LogP contribution in [0.3, 0.4) is 0 Å². The minimum absolute atomic E-state index is 0.0994. The van der Waals surface area contributed by atoms with E-state index in [9.17, 15) is 0 Å². The van der Waals surface area contributed by atoms with E-state index in [1.54, 1.807) is 0 Å². The maximum absolute atomic E-state index is 6.87. The van der Waals surface area contributed by atoms with E-state index in [0.29, 0.717) is 29.5 Å². The van der Waals surface area contributed by atoms with Crippen LogP contribution in [0.1, 0.15) is 82.1 Å². The lowest BCUT2D eigenvalue weighted by molar-refractivity contribution is 0.00578. The van der Waals surface area contributed by atoms with Crippen molar-refractivity contribution in [2.75, 3.05) is 13.2 Å². The Kier molecular flexibility index (Phi) is 7.63. The molecule has 5 atom stereocenters. The van der Waals surface area contributed by atoms with Crippen LogP contribution in [0.25, 0.3) is 0 Å². The van der Waals surface area contributed by atoms with Crippen molar-refractivity contribution in [2.24, 2.45) is 23.7 Å². The summed E-state index contributed by atoms with van der Waals surface area (Å²) in [4.78, 5) is 0. The first-order valence-corrected chi connectivity index (χ1v) is 19.5. The number of fused-ring (bicyclic) bond motifs is 2. The Bertz CT molecular complexity index is 722. The first-order chi connectivity index (χ1) is 15.1. The van der Waals surface area contributed by atoms with Gasteiger partial charge in [0, 0.05) is 13.2 Å². The van der Waals surface area contributed by atoms with Gasteiger partial charge in [-0.3, -0.25) is 0 Å². The van der Waals surface area contributed by atoms with Gasteiger partial charge in [-0.2, -0.15) is 0 Å². The highest BCUT2D eigenvalue weighted by Gasteiger charge is 2.62. The number of hydrogen-bond donors (Lipinski definition) is 0. The van der Waals surface area contributed by atoms with E-state index in [-0.39, 0.29) is 28.4 Å². The van der Waals surface area contributed by atoms with Crippen LogP contribution in [0.15, 0.2) is 0 Å². The summed E-state index contributed by atoms with van der Waals surface area (Å²) < 4.78 is 26.8. The fraction of sp³-hybridized carbons (Fsp3) is 1.00. The van der Waals surface area contributed by atoms with Gasteiger partial charge in [0.05, 0.1) is 11.2 Å². The molecular formula is C27H55BO4Si2. The highest BCUT2D eigenvalue weighted by molar-refractivity contribution is 6.74. The summed E-state index contributed by atoms with van der Waals surface area (Å²) in [5, 5.41) is 0.464. The van der Waals surface area contributed by atoms with Gasteiger partial charge in [0.25, 0.3) is 0 Å². The first-order valence-electron chi connectivity index (χ1n) is 13.7. The summed E-state index contributed by atoms with van der Waals surface area (Å²) in [6.45, 7) is 34.0. The summed E-state index contributed by atoms with van der Waals surface area (Å²) in [5.74, 6) is 2.86. The van der Waals surface area contributed by atoms with Crippen molar-refractivity contribution < 1.29 is 18.2 Å². The van der Waals surface area contributed by atoms with Crippen LogP contribution in [0, 0.1) is 23.7 Å². The lowest BCUT2D eigenvalue weighted by Gasteiger charge is -2.43. The molecule has 5 unspecified atom stereocenters. The summed E-state index contributed by atoms with van der Waals surface area (Å²) in [7, 11) is -3.69. The molecule has 2 bridgehead atoms. The van der Waals surface area contributed by atoms with Gasteiger partial charge in [-0.15, -0.1) is 0 Å². The Morgan fingerprint density at radius 2 is 1.15 bits per heavy atom. The molecule has 0 aromatic carbocycles. The molecule has 0 aromatic heterocycles. The van der Waals surface area contributed by atoms with Crippen molar-refractivity contribution in [1.82, 2.24) is 0 Å². The lowest BCUT2D eigenvalue weighted by Crippen LogP contribution is -2.47. The zero-order valence-electron chi connectivity index (χ0n) is 24.9. The molecule has 2 saturated carbocycles. The maximum atomic E-state index is 6.87. The van der Waals surface area contributed by atoms with Crippen LogP contribution in [0.5, 0.6) is 0 Å². The highest BCUT2D eigenvalue weighted by Crippen LogP contribution is 2.61. The predicted molar refractivity (Wildman–Crippen MR) is 149 cm³/mol. The second-order valence-electron chi connectivity index (χ2n) is 15.7. The van der Waals surface area contributed by atoms with Crippen molar-refractivity contribution in [3.05, 3.63) is 0 Å². The average molecular weight is 511 g/mol. The molecule has 0 radical (unpaired) electrons. The molecule has 34 heavy (non-hydrogen) atoms. The molecule has 198 valence electrons. The Morgan fingerprint density at radius 3 is 1.56 bits per heavy atom. The number of rotatable bonds is 7. The standard InChI is InChI=1S/C27H55BO4Si2/c1-24(2,3)33(11,12)29-17-21-19-15-20(22(21)18-30-34(13,14)25(4,5)6)23(16-19)28-31-26(7,8)27(9,10)32-28/h19-23H,15-18H2,1-14H3. The maximum Gasteiger partial charge on any atom is 0.461 e. The Labute approximate surface area is 214 Å². The molecule has 2 aliphatic carbocycles. The van der Waals surface area contributed by atoms with Crippen LogP contribution in [0.2, 0.25) is 42.1 Å². The average Bonchev–Trinajstić information content (AvgIpc) is 3.25. The second-order valence-corrected chi connectivity index (χ2v) is 25.3. The zero-order valence-corrected chi connectivity index (χ0v) is 26.9. The van der Waals surface area contributed by atoms with E-state index in [1.165, 1.54) is 12.8 Å². The van der Waals surface area contributed by atoms with Gasteiger partial charge < -0.3 is 18.2 Å². The Hall–Kier alpha value is 0.339. The third-order valence-corrected chi connectivity index (χ3v) is 19.9. The van der Waals surface area contributed by atoms with Gasteiger partial charge in [0.2, 0.25) is 0 Å². The molecule has 0 spiro atoms.